The summed E-state index contributed by atoms with van der Waals surface area (Å²) >= 11 is 0. The number of nitrogens with zero attached hydrogens (tertiary/aromatic N) is 2. The number of amides is 1. The number of aliphatic imine (C=N–C) groups is 1. The SMILES string of the molecule is NC(=O)Cn1cc(C=Nc2ccc(C(=O)O)cc2)c2ccccc21. The Morgan fingerprint density at radius 2 is 1.83 bits per heavy atom. The van der Waals surface area contributed by atoms with E-state index in [0.717, 1.165) is 16.5 Å². The minimum atomic E-state index is -0.972. The number of nitrogens with two attached hydrogens (primary N) is 1. The van der Waals surface area contributed by atoms with E-state index in [1.807, 2.05) is 30.5 Å². The highest BCUT2D eigenvalue weighted by atomic mass is 16.4. The molecule has 0 aliphatic heterocycles. The number of para-hydroxylation sites is 1. The van der Waals surface area contributed by atoms with E-state index in [2.05, 4.69) is 4.99 Å². The van der Waals surface area contributed by atoms with Gasteiger partial charge in [0, 0.05) is 28.9 Å². The zero-order chi connectivity index (χ0) is 17.1. The molecule has 2 aromatic carbocycles. The van der Waals surface area contributed by atoms with Crippen LogP contribution in [0.1, 0.15) is 15.9 Å². The Balaban J connectivity index is 1.94. The minimum absolute atomic E-state index is 0.0989. The maximum absolute atomic E-state index is 11.2. The van der Waals surface area contributed by atoms with Crippen molar-refractivity contribution < 1.29 is 14.7 Å². The number of hydrogen-bond donors (Lipinski definition) is 2. The predicted molar refractivity (Wildman–Crippen MR) is 91.8 cm³/mol. The zero-order valence-corrected chi connectivity index (χ0v) is 12.7. The number of carboxylic acid groups (broad SMARTS) is 1. The lowest BCUT2D eigenvalue weighted by molar-refractivity contribution is -0.118. The lowest BCUT2D eigenvalue weighted by atomic mass is 10.2. The summed E-state index contributed by atoms with van der Waals surface area (Å²) < 4.78 is 1.78. The van der Waals surface area contributed by atoms with Gasteiger partial charge in [0.1, 0.15) is 6.54 Å². The molecule has 0 spiro atoms. The molecule has 3 rings (SSSR count). The van der Waals surface area contributed by atoms with Crippen LogP contribution >= 0.6 is 0 Å². The molecule has 3 aromatic rings. The summed E-state index contributed by atoms with van der Waals surface area (Å²) in [7, 11) is 0. The molecule has 120 valence electrons. The Hall–Kier alpha value is -3.41. The Labute approximate surface area is 137 Å². The maximum Gasteiger partial charge on any atom is 0.335 e. The van der Waals surface area contributed by atoms with Crippen LogP contribution in [0.25, 0.3) is 10.9 Å². The van der Waals surface area contributed by atoms with Gasteiger partial charge in [-0.05, 0) is 30.3 Å². The molecule has 6 nitrogen and oxygen atoms in total. The summed E-state index contributed by atoms with van der Waals surface area (Å²) in [6, 6.07) is 14.0. The number of carbonyl (C=O) groups is 2. The van der Waals surface area contributed by atoms with Crippen molar-refractivity contribution >= 4 is 34.7 Å². The lowest BCUT2D eigenvalue weighted by Gasteiger charge is -2.00. The Bertz CT molecular complexity index is 940. The number of carboxylic acids is 1. The van der Waals surface area contributed by atoms with Crippen LogP contribution in [-0.2, 0) is 11.3 Å². The molecule has 6 heteroatoms. The number of carbonyl (C=O) groups excluding carboxylic acids is 1. The molecule has 0 saturated carbocycles. The van der Waals surface area contributed by atoms with E-state index in [1.165, 1.54) is 12.1 Å². The molecule has 0 unspecified atom stereocenters. The number of hydrogen-bond acceptors (Lipinski definition) is 3. The van der Waals surface area contributed by atoms with Gasteiger partial charge in [0.05, 0.1) is 11.3 Å². The molecule has 0 fully saturated rings. The molecule has 1 aromatic heterocycles. The van der Waals surface area contributed by atoms with E-state index in [9.17, 15) is 9.59 Å². The van der Waals surface area contributed by atoms with E-state index < -0.39 is 11.9 Å². The first-order valence-electron chi connectivity index (χ1n) is 7.28. The maximum atomic E-state index is 11.2. The first-order valence-corrected chi connectivity index (χ1v) is 7.28. The van der Waals surface area contributed by atoms with E-state index in [0.29, 0.717) is 5.69 Å². The highest BCUT2D eigenvalue weighted by Gasteiger charge is 2.08. The average Bonchev–Trinajstić information content (AvgIpc) is 2.91. The molecule has 0 radical (unpaired) electrons. The minimum Gasteiger partial charge on any atom is -0.478 e. The van der Waals surface area contributed by atoms with Crippen molar-refractivity contribution in [1.82, 2.24) is 4.57 Å². The Kier molecular flexibility index (Phi) is 4.11. The van der Waals surface area contributed by atoms with Crippen LogP contribution < -0.4 is 5.73 Å². The standard InChI is InChI=1S/C18H15N3O3/c19-17(22)11-21-10-13(15-3-1-2-4-16(15)21)9-20-14-7-5-12(6-8-14)18(23)24/h1-10H,11H2,(H2,19,22)(H,23,24). The van der Waals surface area contributed by atoms with Crippen molar-refractivity contribution in [3.63, 3.8) is 0 Å². The van der Waals surface area contributed by atoms with E-state index in [1.54, 1.807) is 22.9 Å². The van der Waals surface area contributed by atoms with Gasteiger partial charge in [0.25, 0.3) is 0 Å². The number of rotatable bonds is 5. The smallest absolute Gasteiger partial charge is 0.335 e. The lowest BCUT2D eigenvalue weighted by Crippen LogP contribution is -2.17. The second-order valence-corrected chi connectivity index (χ2v) is 5.31. The predicted octanol–water partition coefficient (Wildman–Crippen LogP) is 2.58. The summed E-state index contributed by atoms with van der Waals surface area (Å²) in [5.41, 5.74) is 7.90. The molecular weight excluding hydrogens is 306 g/mol. The first-order chi connectivity index (χ1) is 11.5. The Morgan fingerprint density at radius 1 is 1.12 bits per heavy atom. The van der Waals surface area contributed by atoms with E-state index in [4.69, 9.17) is 10.8 Å². The van der Waals surface area contributed by atoms with Crippen LogP contribution in [0.3, 0.4) is 0 Å². The molecule has 24 heavy (non-hydrogen) atoms. The quantitative estimate of drug-likeness (QED) is 0.707. The first kappa shape index (κ1) is 15.5. The highest BCUT2D eigenvalue weighted by molar-refractivity contribution is 6.00. The summed E-state index contributed by atoms with van der Waals surface area (Å²) in [6.07, 6.45) is 3.51. The average molecular weight is 321 g/mol. The third-order valence-electron chi connectivity index (χ3n) is 3.61. The number of primary amides is 1. The van der Waals surface area contributed by atoms with Crippen LogP contribution in [-0.4, -0.2) is 27.8 Å². The topological polar surface area (TPSA) is 97.7 Å². The van der Waals surface area contributed by atoms with Crippen molar-refractivity contribution in [1.29, 1.82) is 0 Å². The van der Waals surface area contributed by atoms with Crippen molar-refractivity contribution in [3.05, 3.63) is 65.9 Å². The summed E-state index contributed by atoms with van der Waals surface area (Å²) in [6.45, 7) is 0.0989. The second-order valence-electron chi connectivity index (χ2n) is 5.31. The monoisotopic (exact) mass is 321 g/mol. The zero-order valence-electron chi connectivity index (χ0n) is 12.7. The van der Waals surface area contributed by atoms with Crippen molar-refractivity contribution in [2.75, 3.05) is 0 Å². The second kappa shape index (κ2) is 6.37. The fourth-order valence-electron chi connectivity index (χ4n) is 2.51. The third kappa shape index (κ3) is 3.17. The molecule has 3 N–H and O–H groups in total. The molecule has 0 saturated heterocycles. The van der Waals surface area contributed by atoms with Crippen LogP contribution in [0.4, 0.5) is 5.69 Å². The van der Waals surface area contributed by atoms with Gasteiger partial charge < -0.3 is 15.4 Å². The van der Waals surface area contributed by atoms with Crippen LogP contribution in [0, 0.1) is 0 Å². The van der Waals surface area contributed by atoms with Gasteiger partial charge in [-0.25, -0.2) is 4.79 Å². The molecule has 1 amide bonds. The number of fused-ring (bicyclic) bond motifs is 1. The van der Waals surface area contributed by atoms with E-state index >= 15 is 0 Å². The van der Waals surface area contributed by atoms with Gasteiger partial charge in [-0.3, -0.25) is 9.79 Å². The van der Waals surface area contributed by atoms with E-state index in [-0.39, 0.29) is 12.1 Å². The van der Waals surface area contributed by atoms with Crippen LogP contribution in [0.15, 0.2) is 59.7 Å². The van der Waals surface area contributed by atoms with Gasteiger partial charge in [-0.1, -0.05) is 18.2 Å². The summed E-state index contributed by atoms with van der Waals surface area (Å²) in [5.74, 6) is -1.39. The van der Waals surface area contributed by atoms with Gasteiger partial charge in [0.2, 0.25) is 5.91 Å². The highest BCUT2D eigenvalue weighted by Crippen LogP contribution is 2.21. The summed E-state index contributed by atoms with van der Waals surface area (Å²) in [4.78, 5) is 26.4. The van der Waals surface area contributed by atoms with Gasteiger partial charge in [-0.15, -0.1) is 0 Å². The van der Waals surface area contributed by atoms with Gasteiger partial charge in [0.15, 0.2) is 0 Å². The normalized spacial score (nSPS) is 11.2. The largest absolute Gasteiger partial charge is 0.478 e. The molecule has 0 aliphatic carbocycles. The van der Waals surface area contributed by atoms with Gasteiger partial charge >= 0.3 is 5.97 Å². The number of benzene rings is 2. The molecular formula is C18H15N3O3. The fourth-order valence-corrected chi connectivity index (χ4v) is 2.51. The fraction of sp³-hybridized carbons (Fsp3) is 0.0556. The van der Waals surface area contributed by atoms with Crippen molar-refractivity contribution in [2.24, 2.45) is 10.7 Å². The number of aromatic carboxylic acids is 1. The molecule has 1 heterocycles. The van der Waals surface area contributed by atoms with Crippen LogP contribution in [0.5, 0.6) is 0 Å². The summed E-state index contributed by atoms with van der Waals surface area (Å²) in [5, 5.41) is 9.86. The van der Waals surface area contributed by atoms with Gasteiger partial charge in [-0.2, -0.15) is 0 Å². The third-order valence-corrected chi connectivity index (χ3v) is 3.61. The van der Waals surface area contributed by atoms with Crippen molar-refractivity contribution in [2.45, 2.75) is 6.54 Å². The van der Waals surface area contributed by atoms with Crippen molar-refractivity contribution in [3.8, 4) is 0 Å². The van der Waals surface area contributed by atoms with Crippen LogP contribution in [0.2, 0.25) is 0 Å². The molecule has 0 aliphatic rings. The Morgan fingerprint density at radius 3 is 2.50 bits per heavy atom. The molecule has 0 atom stereocenters. The molecule has 0 bridgehead atoms. The number of aromatic nitrogens is 1.